The fraction of sp³-hybridized carbons (Fsp3) is 0.429. The molecule has 110 valence electrons. The van der Waals surface area contributed by atoms with Crippen molar-refractivity contribution in [1.82, 2.24) is 10.6 Å². The van der Waals surface area contributed by atoms with Crippen LogP contribution in [0.15, 0.2) is 18.2 Å². The minimum atomic E-state index is -0.836. The fourth-order valence-corrected chi connectivity index (χ4v) is 1.49. The van der Waals surface area contributed by atoms with E-state index in [9.17, 15) is 14.0 Å². The van der Waals surface area contributed by atoms with Gasteiger partial charge in [-0.05, 0) is 25.0 Å². The summed E-state index contributed by atoms with van der Waals surface area (Å²) in [6, 6.07) is 2.45. The van der Waals surface area contributed by atoms with Crippen molar-refractivity contribution < 1.29 is 19.1 Å². The smallest absolute Gasteiger partial charge is 0.254 e. The van der Waals surface area contributed by atoms with Crippen LogP contribution in [0.25, 0.3) is 0 Å². The SMILES string of the molecule is CC(C)CNC(=O)C(C)NC(=O)c1ccc(O)cc1F. The molecule has 0 spiro atoms. The third-order valence-electron chi connectivity index (χ3n) is 2.62. The summed E-state index contributed by atoms with van der Waals surface area (Å²) in [5.74, 6) is -1.82. The number of hydrogen-bond acceptors (Lipinski definition) is 3. The van der Waals surface area contributed by atoms with Gasteiger partial charge in [-0.1, -0.05) is 13.8 Å². The van der Waals surface area contributed by atoms with Gasteiger partial charge in [-0.3, -0.25) is 9.59 Å². The quantitative estimate of drug-likeness (QED) is 0.764. The molecule has 0 fully saturated rings. The van der Waals surface area contributed by atoms with Crippen LogP contribution in [0.4, 0.5) is 4.39 Å². The third kappa shape index (κ3) is 4.53. The lowest BCUT2D eigenvalue weighted by atomic mass is 10.1. The first-order chi connectivity index (χ1) is 9.31. The highest BCUT2D eigenvalue weighted by Crippen LogP contribution is 2.14. The largest absolute Gasteiger partial charge is 0.508 e. The summed E-state index contributed by atoms with van der Waals surface area (Å²) >= 11 is 0. The maximum absolute atomic E-state index is 13.5. The predicted molar refractivity (Wildman–Crippen MR) is 72.8 cm³/mol. The molecule has 1 rings (SSSR count). The number of carbonyl (C=O) groups is 2. The Morgan fingerprint density at radius 2 is 1.95 bits per heavy atom. The van der Waals surface area contributed by atoms with Gasteiger partial charge in [0.25, 0.3) is 5.91 Å². The first-order valence-electron chi connectivity index (χ1n) is 6.38. The van der Waals surface area contributed by atoms with Crippen LogP contribution in [0.1, 0.15) is 31.1 Å². The molecule has 20 heavy (non-hydrogen) atoms. The highest BCUT2D eigenvalue weighted by atomic mass is 19.1. The fourth-order valence-electron chi connectivity index (χ4n) is 1.49. The molecule has 0 radical (unpaired) electrons. The van der Waals surface area contributed by atoms with E-state index in [-0.39, 0.29) is 17.2 Å². The number of phenols is 1. The zero-order chi connectivity index (χ0) is 15.3. The molecule has 1 atom stereocenters. The molecular weight excluding hydrogens is 263 g/mol. The Bertz CT molecular complexity index is 503. The lowest BCUT2D eigenvalue weighted by Crippen LogP contribution is -2.45. The van der Waals surface area contributed by atoms with Crippen molar-refractivity contribution in [2.75, 3.05) is 6.54 Å². The van der Waals surface area contributed by atoms with Crippen LogP contribution in [-0.4, -0.2) is 29.5 Å². The number of carbonyl (C=O) groups excluding carboxylic acids is 2. The Balaban J connectivity index is 2.63. The van der Waals surface area contributed by atoms with Gasteiger partial charge in [0.1, 0.15) is 17.6 Å². The summed E-state index contributed by atoms with van der Waals surface area (Å²) in [7, 11) is 0. The van der Waals surface area contributed by atoms with E-state index in [0.29, 0.717) is 12.5 Å². The van der Waals surface area contributed by atoms with Gasteiger partial charge in [-0.2, -0.15) is 0 Å². The van der Waals surface area contributed by atoms with E-state index < -0.39 is 17.8 Å². The highest BCUT2D eigenvalue weighted by Gasteiger charge is 2.18. The van der Waals surface area contributed by atoms with E-state index >= 15 is 0 Å². The summed E-state index contributed by atoms with van der Waals surface area (Å²) in [4.78, 5) is 23.5. The summed E-state index contributed by atoms with van der Waals surface area (Å²) < 4.78 is 13.5. The van der Waals surface area contributed by atoms with E-state index in [4.69, 9.17) is 5.11 Å². The Kier molecular flexibility index (Phi) is 5.49. The van der Waals surface area contributed by atoms with Crippen molar-refractivity contribution >= 4 is 11.8 Å². The van der Waals surface area contributed by atoms with E-state index in [1.165, 1.54) is 19.1 Å². The predicted octanol–water partition coefficient (Wildman–Crippen LogP) is 1.42. The number of phenolic OH excluding ortho intramolecular Hbond substituents is 1. The molecule has 0 saturated carbocycles. The van der Waals surface area contributed by atoms with Gasteiger partial charge in [0.15, 0.2) is 0 Å². The summed E-state index contributed by atoms with van der Waals surface area (Å²) in [6.45, 7) is 5.93. The minimum Gasteiger partial charge on any atom is -0.508 e. The Morgan fingerprint density at radius 1 is 1.30 bits per heavy atom. The number of benzene rings is 1. The number of rotatable bonds is 5. The average Bonchev–Trinajstić information content (AvgIpc) is 2.35. The van der Waals surface area contributed by atoms with Gasteiger partial charge in [0, 0.05) is 12.6 Å². The number of nitrogens with one attached hydrogen (secondary N) is 2. The van der Waals surface area contributed by atoms with E-state index in [1.807, 2.05) is 13.8 Å². The van der Waals surface area contributed by atoms with Crippen LogP contribution in [0, 0.1) is 11.7 Å². The number of amides is 2. The molecule has 0 aliphatic carbocycles. The van der Waals surface area contributed by atoms with Crippen molar-refractivity contribution in [2.24, 2.45) is 5.92 Å². The molecule has 0 aliphatic rings. The van der Waals surface area contributed by atoms with Crippen LogP contribution in [0.2, 0.25) is 0 Å². The Labute approximate surface area is 117 Å². The van der Waals surface area contributed by atoms with Gasteiger partial charge in [0.05, 0.1) is 5.56 Å². The molecule has 0 heterocycles. The molecule has 0 aliphatic heterocycles. The Hall–Kier alpha value is -2.11. The molecule has 0 saturated heterocycles. The molecule has 0 aromatic heterocycles. The second kappa shape index (κ2) is 6.88. The normalized spacial score (nSPS) is 12.1. The second-order valence-corrected chi connectivity index (χ2v) is 5.00. The van der Waals surface area contributed by atoms with Crippen molar-refractivity contribution in [2.45, 2.75) is 26.8 Å². The molecule has 1 aromatic rings. The number of aromatic hydroxyl groups is 1. The molecule has 6 heteroatoms. The number of halogens is 1. The molecule has 5 nitrogen and oxygen atoms in total. The number of hydrogen-bond donors (Lipinski definition) is 3. The average molecular weight is 282 g/mol. The molecule has 0 bridgehead atoms. The van der Waals surface area contributed by atoms with Crippen LogP contribution < -0.4 is 10.6 Å². The van der Waals surface area contributed by atoms with Gasteiger partial charge in [-0.15, -0.1) is 0 Å². The molecule has 1 unspecified atom stereocenters. The summed E-state index contributed by atoms with van der Waals surface area (Å²) in [5, 5.41) is 14.2. The topological polar surface area (TPSA) is 78.4 Å². The molecule has 2 amide bonds. The third-order valence-corrected chi connectivity index (χ3v) is 2.62. The van der Waals surface area contributed by atoms with Crippen LogP contribution in [0.5, 0.6) is 5.75 Å². The van der Waals surface area contributed by atoms with Crippen LogP contribution in [-0.2, 0) is 4.79 Å². The van der Waals surface area contributed by atoms with Crippen molar-refractivity contribution in [1.29, 1.82) is 0 Å². The van der Waals surface area contributed by atoms with E-state index in [1.54, 1.807) is 0 Å². The molecule has 3 N–H and O–H groups in total. The van der Waals surface area contributed by atoms with Crippen LogP contribution >= 0.6 is 0 Å². The van der Waals surface area contributed by atoms with E-state index in [2.05, 4.69) is 10.6 Å². The van der Waals surface area contributed by atoms with Gasteiger partial charge in [-0.25, -0.2) is 4.39 Å². The zero-order valence-electron chi connectivity index (χ0n) is 11.7. The van der Waals surface area contributed by atoms with Gasteiger partial charge in [0.2, 0.25) is 5.91 Å². The summed E-state index contributed by atoms with van der Waals surface area (Å²) in [5.41, 5.74) is -0.216. The zero-order valence-corrected chi connectivity index (χ0v) is 11.7. The lowest BCUT2D eigenvalue weighted by molar-refractivity contribution is -0.122. The molecular formula is C14H19FN2O3. The maximum atomic E-state index is 13.5. The van der Waals surface area contributed by atoms with Crippen molar-refractivity contribution in [3.05, 3.63) is 29.6 Å². The first kappa shape index (κ1) is 15.9. The van der Waals surface area contributed by atoms with Gasteiger partial charge >= 0.3 is 0 Å². The molecule has 1 aromatic carbocycles. The minimum absolute atomic E-state index is 0.216. The lowest BCUT2D eigenvalue weighted by Gasteiger charge is -2.15. The monoisotopic (exact) mass is 282 g/mol. The second-order valence-electron chi connectivity index (χ2n) is 5.00. The standard InChI is InChI=1S/C14H19FN2O3/c1-8(2)7-16-13(19)9(3)17-14(20)11-5-4-10(18)6-12(11)15/h4-6,8-9,18H,7H2,1-3H3,(H,16,19)(H,17,20). The van der Waals surface area contributed by atoms with Crippen molar-refractivity contribution in [3.8, 4) is 5.75 Å². The maximum Gasteiger partial charge on any atom is 0.254 e. The van der Waals surface area contributed by atoms with Gasteiger partial charge < -0.3 is 15.7 Å². The van der Waals surface area contributed by atoms with E-state index in [0.717, 1.165) is 6.07 Å². The van der Waals surface area contributed by atoms with Crippen LogP contribution in [0.3, 0.4) is 0 Å². The Morgan fingerprint density at radius 3 is 2.50 bits per heavy atom. The highest BCUT2D eigenvalue weighted by molar-refractivity contribution is 5.97. The van der Waals surface area contributed by atoms with Crippen molar-refractivity contribution in [3.63, 3.8) is 0 Å². The first-order valence-corrected chi connectivity index (χ1v) is 6.38. The summed E-state index contributed by atoms with van der Waals surface area (Å²) in [6.07, 6.45) is 0.